The lowest BCUT2D eigenvalue weighted by atomic mass is 9.74. The van der Waals surface area contributed by atoms with Gasteiger partial charge in [-0.2, -0.15) is 0 Å². The lowest BCUT2D eigenvalue weighted by Gasteiger charge is -2.36. The van der Waals surface area contributed by atoms with Gasteiger partial charge in [0.25, 0.3) is 0 Å². The Morgan fingerprint density at radius 2 is 1.91 bits per heavy atom. The first-order valence-electron chi connectivity index (χ1n) is 12.5. The Morgan fingerprint density at radius 1 is 1.17 bits per heavy atom. The van der Waals surface area contributed by atoms with Crippen LogP contribution in [0.5, 0.6) is 0 Å². The summed E-state index contributed by atoms with van der Waals surface area (Å²) in [4.78, 5) is 42.7. The molecule has 9 heteroatoms. The first-order valence-corrected chi connectivity index (χ1v) is 13.3. The van der Waals surface area contributed by atoms with Crippen molar-refractivity contribution in [1.29, 1.82) is 0 Å². The zero-order valence-corrected chi connectivity index (χ0v) is 21.4. The van der Waals surface area contributed by atoms with Gasteiger partial charge in [0.05, 0.1) is 28.0 Å². The summed E-state index contributed by atoms with van der Waals surface area (Å²) in [5.41, 5.74) is -0.662. The third-order valence-corrected chi connectivity index (χ3v) is 8.81. The Kier molecular flexibility index (Phi) is 6.62. The Hall–Kier alpha value is -2.09. The highest BCUT2D eigenvalue weighted by Crippen LogP contribution is 2.55. The Labute approximate surface area is 215 Å². The van der Waals surface area contributed by atoms with Crippen molar-refractivity contribution in [2.75, 3.05) is 5.32 Å². The smallest absolute Gasteiger partial charge is 0.246 e. The number of amides is 3. The number of rotatable bonds is 6. The Bertz CT molecular complexity index is 1070. The second-order valence-corrected chi connectivity index (χ2v) is 11.0. The molecule has 2 saturated heterocycles. The lowest BCUT2D eigenvalue weighted by molar-refractivity contribution is -0.143. The molecule has 1 aromatic carbocycles. The molecule has 1 spiro atoms. The molecule has 188 valence electrons. The van der Waals surface area contributed by atoms with Gasteiger partial charge in [0.2, 0.25) is 17.7 Å². The molecule has 5 rings (SSSR count). The molecule has 3 amide bonds. The standard InChI is InChI=1S/C26H31Cl2N3O4/c1-3-14(2)31-22(24(33)29-15-7-5-4-6-8-15)26-12-11-19(35-26)20(21(26)25(31)34)23(32)30-16-9-10-17(27)18(28)13-16/h9-15,19-22H,3-8H2,1-2H3,(H,29,33)(H,30,32)/t14-,19+,20-,21+,22+,26-/m0/s1. The molecule has 0 radical (unpaired) electrons. The summed E-state index contributed by atoms with van der Waals surface area (Å²) in [5, 5.41) is 6.78. The molecule has 2 bridgehead atoms. The van der Waals surface area contributed by atoms with E-state index in [1.54, 1.807) is 23.1 Å². The maximum absolute atomic E-state index is 13.9. The number of nitrogens with one attached hydrogen (secondary N) is 2. The van der Waals surface area contributed by atoms with Gasteiger partial charge < -0.3 is 20.3 Å². The zero-order chi connectivity index (χ0) is 24.9. The first kappa shape index (κ1) is 24.6. The third kappa shape index (κ3) is 4.05. The van der Waals surface area contributed by atoms with Crippen molar-refractivity contribution < 1.29 is 19.1 Å². The molecule has 1 saturated carbocycles. The van der Waals surface area contributed by atoms with Crippen LogP contribution in [0.1, 0.15) is 52.4 Å². The highest BCUT2D eigenvalue weighted by atomic mass is 35.5. The van der Waals surface area contributed by atoms with E-state index in [2.05, 4.69) is 10.6 Å². The molecular formula is C26H31Cl2N3O4. The molecule has 0 unspecified atom stereocenters. The first-order chi connectivity index (χ1) is 16.8. The Balaban J connectivity index is 1.44. The monoisotopic (exact) mass is 519 g/mol. The van der Waals surface area contributed by atoms with Crippen LogP contribution in [-0.4, -0.2) is 52.5 Å². The number of hydrogen-bond acceptors (Lipinski definition) is 4. The highest BCUT2D eigenvalue weighted by Gasteiger charge is 2.73. The number of benzene rings is 1. The van der Waals surface area contributed by atoms with E-state index >= 15 is 0 Å². The molecular weight excluding hydrogens is 489 g/mol. The normalized spacial score (nSPS) is 32.6. The lowest BCUT2D eigenvalue weighted by Crippen LogP contribution is -2.58. The third-order valence-electron chi connectivity index (χ3n) is 8.07. The van der Waals surface area contributed by atoms with E-state index < -0.39 is 29.6 Å². The summed E-state index contributed by atoms with van der Waals surface area (Å²) >= 11 is 12.1. The number of nitrogens with zero attached hydrogens (tertiary/aromatic N) is 1. The molecule has 3 aliphatic heterocycles. The predicted octanol–water partition coefficient (Wildman–Crippen LogP) is 4.33. The van der Waals surface area contributed by atoms with Gasteiger partial charge in [-0.3, -0.25) is 14.4 Å². The van der Waals surface area contributed by atoms with Gasteiger partial charge in [-0.15, -0.1) is 0 Å². The average molecular weight is 520 g/mol. The fourth-order valence-electron chi connectivity index (χ4n) is 6.20. The van der Waals surface area contributed by atoms with Gasteiger partial charge in [0.15, 0.2) is 0 Å². The molecule has 7 nitrogen and oxygen atoms in total. The highest BCUT2D eigenvalue weighted by molar-refractivity contribution is 6.42. The molecule has 2 N–H and O–H groups in total. The van der Waals surface area contributed by atoms with E-state index in [-0.39, 0.29) is 29.8 Å². The maximum Gasteiger partial charge on any atom is 0.246 e. The number of carbonyl (C=O) groups is 3. The van der Waals surface area contributed by atoms with Gasteiger partial charge >= 0.3 is 0 Å². The minimum Gasteiger partial charge on any atom is -0.359 e. The summed E-state index contributed by atoms with van der Waals surface area (Å²) in [7, 11) is 0. The van der Waals surface area contributed by atoms with Crippen molar-refractivity contribution in [3.63, 3.8) is 0 Å². The van der Waals surface area contributed by atoms with Crippen LogP contribution in [0.3, 0.4) is 0 Å². The minimum absolute atomic E-state index is 0.108. The van der Waals surface area contributed by atoms with Gasteiger partial charge in [-0.05, 0) is 44.4 Å². The maximum atomic E-state index is 13.9. The number of fused-ring (bicyclic) bond motifs is 1. The van der Waals surface area contributed by atoms with Crippen molar-refractivity contribution in [2.45, 2.75) is 82.2 Å². The van der Waals surface area contributed by atoms with Gasteiger partial charge in [0, 0.05) is 17.8 Å². The molecule has 0 aromatic heterocycles. The van der Waals surface area contributed by atoms with Crippen molar-refractivity contribution in [3.05, 3.63) is 40.4 Å². The summed E-state index contributed by atoms with van der Waals surface area (Å²) in [6.45, 7) is 3.93. The van der Waals surface area contributed by atoms with Crippen LogP contribution in [0, 0.1) is 11.8 Å². The van der Waals surface area contributed by atoms with Crippen LogP contribution < -0.4 is 10.6 Å². The Morgan fingerprint density at radius 3 is 2.60 bits per heavy atom. The minimum atomic E-state index is -1.15. The summed E-state index contributed by atoms with van der Waals surface area (Å²) in [5.74, 6) is -2.25. The van der Waals surface area contributed by atoms with Crippen LogP contribution in [-0.2, 0) is 19.1 Å². The van der Waals surface area contributed by atoms with Crippen molar-refractivity contribution in [2.24, 2.45) is 11.8 Å². The number of halogens is 2. The fraction of sp³-hybridized carbons (Fsp3) is 0.577. The van der Waals surface area contributed by atoms with E-state index in [1.165, 1.54) is 6.42 Å². The molecule has 1 aliphatic carbocycles. The second-order valence-electron chi connectivity index (χ2n) is 10.2. The molecule has 4 aliphatic rings. The molecule has 3 heterocycles. The average Bonchev–Trinajstić information content (AvgIpc) is 3.49. The number of likely N-dealkylation sites (tertiary alicyclic amines) is 1. The predicted molar refractivity (Wildman–Crippen MR) is 134 cm³/mol. The quantitative estimate of drug-likeness (QED) is 0.547. The number of ether oxygens (including phenoxy) is 1. The van der Waals surface area contributed by atoms with Crippen LogP contribution >= 0.6 is 23.2 Å². The largest absolute Gasteiger partial charge is 0.359 e. The van der Waals surface area contributed by atoms with Crippen LogP contribution in [0.4, 0.5) is 5.69 Å². The summed E-state index contributed by atoms with van der Waals surface area (Å²) in [6.07, 6.45) is 9.04. The van der Waals surface area contributed by atoms with Crippen LogP contribution in [0.15, 0.2) is 30.4 Å². The van der Waals surface area contributed by atoms with Crippen molar-refractivity contribution in [3.8, 4) is 0 Å². The SMILES string of the molecule is CC[C@H](C)N1C(=O)[C@H]2[C@@H](C(=O)Nc3ccc(Cl)c(Cl)c3)[C@H]3C=C[C@@]2(O3)[C@H]1C(=O)NC1CCCCC1. The van der Waals surface area contributed by atoms with E-state index in [9.17, 15) is 14.4 Å². The number of carbonyl (C=O) groups excluding carboxylic acids is 3. The van der Waals surface area contributed by atoms with Crippen LogP contribution in [0.2, 0.25) is 10.0 Å². The molecule has 35 heavy (non-hydrogen) atoms. The molecule has 3 fully saturated rings. The van der Waals surface area contributed by atoms with Gasteiger partial charge in [-0.1, -0.05) is 61.5 Å². The van der Waals surface area contributed by atoms with Crippen molar-refractivity contribution >= 4 is 46.6 Å². The number of hydrogen-bond donors (Lipinski definition) is 2. The fourth-order valence-corrected chi connectivity index (χ4v) is 6.50. The topological polar surface area (TPSA) is 87.7 Å². The number of anilines is 1. The van der Waals surface area contributed by atoms with E-state index in [0.717, 1.165) is 25.7 Å². The summed E-state index contributed by atoms with van der Waals surface area (Å²) in [6, 6.07) is 3.98. The van der Waals surface area contributed by atoms with Gasteiger partial charge in [0.1, 0.15) is 11.6 Å². The van der Waals surface area contributed by atoms with Crippen LogP contribution in [0.25, 0.3) is 0 Å². The molecule has 6 atom stereocenters. The molecule has 1 aromatic rings. The van der Waals surface area contributed by atoms with Gasteiger partial charge in [-0.25, -0.2) is 0 Å². The van der Waals surface area contributed by atoms with E-state index in [4.69, 9.17) is 27.9 Å². The second kappa shape index (κ2) is 9.41. The van der Waals surface area contributed by atoms with E-state index in [1.807, 2.05) is 26.0 Å². The van der Waals surface area contributed by atoms with Crippen molar-refractivity contribution in [1.82, 2.24) is 10.2 Å². The van der Waals surface area contributed by atoms with E-state index in [0.29, 0.717) is 22.2 Å². The summed E-state index contributed by atoms with van der Waals surface area (Å²) < 4.78 is 6.37. The zero-order valence-electron chi connectivity index (χ0n) is 19.9.